The summed E-state index contributed by atoms with van der Waals surface area (Å²) in [6.45, 7) is 4.83. The van der Waals surface area contributed by atoms with Gasteiger partial charge in [-0.15, -0.1) is 0 Å². The van der Waals surface area contributed by atoms with Crippen LogP contribution < -0.4 is 11.1 Å². The van der Waals surface area contributed by atoms with E-state index < -0.39 is 12.0 Å². The van der Waals surface area contributed by atoms with E-state index in [0.717, 1.165) is 83.5 Å². The molecule has 2 atom stereocenters. The highest BCUT2D eigenvalue weighted by Crippen LogP contribution is 2.19. The van der Waals surface area contributed by atoms with Gasteiger partial charge in [-0.05, 0) is 90.0 Å². The average Bonchev–Trinajstić information content (AvgIpc) is 3.13. The predicted molar refractivity (Wildman–Crippen MR) is 220 cm³/mol. The molecule has 0 aliphatic carbocycles. The van der Waals surface area contributed by atoms with Crippen LogP contribution in [0.15, 0.2) is 36.5 Å². The molecule has 0 saturated heterocycles. The van der Waals surface area contributed by atoms with Gasteiger partial charge >= 0.3 is 11.9 Å². The minimum atomic E-state index is -1.00. The maximum absolute atomic E-state index is 12.8. The normalized spacial score (nSPS) is 13.0. The fourth-order valence-corrected chi connectivity index (χ4v) is 6.47. The van der Waals surface area contributed by atoms with Crippen LogP contribution in [-0.4, -0.2) is 41.6 Å². The van der Waals surface area contributed by atoms with E-state index in [2.05, 4.69) is 55.6 Å². The first-order chi connectivity index (χ1) is 25.4. The van der Waals surface area contributed by atoms with Crippen molar-refractivity contribution in [1.29, 1.82) is 0 Å². The number of amides is 1. The average molecular weight is 731 g/mol. The Hall–Kier alpha value is -2.41. The Morgan fingerprint density at radius 1 is 0.577 bits per heavy atom. The Bertz CT molecular complexity index is 915. The van der Waals surface area contributed by atoms with E-state index in [1.54, 1.807) is 0 Å². The van der Waals surface area contributed by atoms with Crippen LogP contribution in [0.4, 0.5) is 0 Å². The van der Waals surface area contributed by atoms with Crippen LogP contribution in [0.25, 0.3) is 0 Å². The second-order valence-corrected chi connectivity index (χ2v) is 14.7. The van der Waals surface area contributed by atoms with E-state index in [9.17, 15) is 19.5 Å². The van der Waals surface area contributed by atoms with E-state index in [1.165, 1.54) is 89.9 Å². The van der Waals surface area contributed by atoms with Crippen LogP contribution >= 0.6 is 0 Å². The van der Waals surface area contributed by atoms with Gasteiger partial charge < -0.3 is 20.9 Å². The number of nitrogens with two attached hydrogens (primary N) is 1. The molecule has 0 rings (SSSR count). The molecule has 0 saturated carbocycles. The van der Waals surface area contributed by atoms with Gasteiger partial charge in [0, 0.05) is 12.8 Å². The number of aliphatic carboxylic acids is 1. The molecular formula is C45H82N2O5. The van der Waals surface area contributed by atoms with Crippen molar-refractivity contribution in [2.24, 2.45) is 5.73 Å². The lowest BCUT2D eigenvalue weighted by Gasteiger charge is -2.18. The van der Waals surface area contributed by atoms with Gasteiger partial charge in [0.25, 0.3) is 0 Å². The lowest BCUT2D eigenvalue weighted by molar-refractivity contribution is -0.150. The van der Waals surface area contributed by atoms with Gasteiger partial charge in [-0.2, -0.15) is 0 Å². The molecule has 0 heterocycles. The standard InChI is InChI=1S/C45H82N2O5/c1-3-5-7-9-11-13-14-15-16-17-18-19-20-22-24-29-33-39-44(49)52-41(35-30-26-23-21-12-10-8-6-4-2)36-31-27-25-28-32-38-43(48)47-42(45(50)51)37-34-40-46/h5,7,11,13,15-16,41-42H,3-4,6,8-10,12,14,17-40,46H2,1-2H3,(H,47,48)(H,50,51)/b7-5-,13-11-,16-15-. The number of unbranched alkanes of at least 4 members (excludes halogenated alkanes) is 19. The van der Waals surface area contributed by atoms with E-state index >= 15 is 0 Å². The second-order valence-electron chi connectivity index (χ2n) is 14.7. The molecule has 0 spiro atoms. The summed E-state index contributed by atoms with van der Waals surface area (Å²) in [4.78, 5) is 36.3. The number of nitrogens with one attached hydrogen (secondary N) is 1. The Labute approximate surface area is 320 Å². The number of ether oxygens (including phenoxy) is 1. The van der Waals surface area contributed by atoms with Crippen molar-refractivity contribution in [3.63, 3.8) is 0 Å². The van der Waals surface area contributed by atoms with Crippen molar-refractivity contribution in [1.82, 2.24) is 5.32 Å². The largest absolute Gasteiger partial charge is 0.480 e. The van der Waals surface area contributed by atoms with Crippen molar-refractivity contribution in [3.05, 3.63) is 36.5 Å². The zero-order valence-electron chi connectivity index (χ0n) is 33.9. The maximum atomic E-state index is 12.8. The topological polar surface area (TPSA) is 119 Å². The molecule has 4 N–H and O–H groups in total. The summed E-state index contributed by atoms with van der Waals surface area (Å²) in [5, 5.41) is 11.9. The number of esters is 1. The van der Waals surface area contributed by atoms with Crippen LogP contribution in [0.5, 0.6) is 0 Å². The maximum Gasteiger partial charge on any atom is 0.326 e. The smallest absolute Gasteiger partial charge is 0.326 e. The first-order valence-corrected chi connectivity index (χ1v) is 21.8. The van der Waals surface area contributed by atoms with Crippen LogP contribution in [-0.2, 0) is 19.1 Å². The highest BCUT2D eigenvalue weighted by atomic mass is 16.5. The van der Waals surface area contributed by atoms with Gasteiger partial charge in [0.2, 0.25) is 5.91 Å². The Balaban J connectivity index is 4.24. The van der Waals surface area contributed by atoms with Crippen LogP contribution in [0.2, 0.25) is 0 Å². The molecular weight excluding hydrogens is 649 g/mol. The molecule has 7 heteroatoms. The number of carboxylic acid groups (broad SMARTS) is 1. The summed E-state index contributed by atoms with van der Waals surface area (Å²) in [5.74, 6) is -1.24. The lowest BCUT2D eigenvalue weighted by atomic mass is 10.0. The number of allylic oxidation sites excluding steroid dienone is 6. The summed E-state index contributed by atoms with van der Waals surface area (Å²) in [5.41, 5.74) is 5.48. The number of rotatable bonds is 39. The molecule has 0 fully saturated rings. The van der Waals surface area contributed by atoms with Gasteiger partial charge in [-0.1, -0.05) is 153 Å². The van der Waals surface area contributed by atoms with E-state index in [-0.39, 0.29) is 18.0 Å². The zero-order chi connectivity index (χ0) is 38.2. The quantitative estimate of drug-likeness (QED) is 0.0329. The fraction of sp³-hybridized carbons (Fsp3) is 0.800. The molecule has 7 nitrogen and oxygen atoms in total. The third kappa shape index (κ3) is 36.0. The fourth-order valence-electron chi connectivity index (χ4n) is 6.47. The highest BCUT2D eigenvalue weighted by molar-refractivity contribution is 5.83. The van der Waals surface area contributed by atoms with Crippen molar-refractivity contribution in [3.8, 4) is 0 Å². The SMILES string of the molecule is CC/C=C\C/C=C\C/C=C\CCCCCCCCCC(=O)OC(CCCCCCCCCCC)CCCCCCCC(=O)NC(CCCN)C(=O)O. The molecule has 52 heavy (non-hydrogen) atoms. The number of hydrogen-bond acceptors (Lipinski definition) is 5. The molecule has 1 amide bonds. The summed E-state index contributed by atoms with van der Waals surface area (Å²) >= 11 is 0. The van der Waals surface area contributed by atoms with Crippen molar-refractivity contribution in [2.75, 3.05) is 6.54 Å². The minimum absolute atomic E-state index is 0.0114. The Kier molecular flexibility index (Phi) is 37.9. The minimum Gasteiger partial charge on any atom is -0.480 e. The van der Waals surface area contributed by atoms with Gasteiger partial charge in [0.05, 0.1) is 0 Å². The predicted octanol–water partition coefficient (Wildman–Crippen LogP) is 12.2. The van der Waals surface area contributed by atoms with Crippen LogP contribution in [0.1, 0.15) is 213 Å². The summed E-state index contributed by atoms with van der Waals surface area (Å²) in [6.07, 6.45) is 46.2. The molecule has 0 bridgehead atoms. The third-order valence-corrected chi connectivity index (χ3v) is 9.72. The van der Waals surface area contributed by atoms with E-state index in [4.69, 9.17) is 10.5 Å². The van der Waals surface area contributed by atoms with E-state index in [0.29, 0.717) is 32.2 Å². The molecule has 0 aromatic carbocycles. The van der Waals surface area contributed by atoms with Gasteiger partial charge in [-0.3, -0.25) is 9.59 Å². The second kappa shape index (κ2) is 39.8. The zero-order valence-corrected chi connectivity index (χ0v) is 33.9. The van der Waals surface area contributed by atoms with Gasteiger partial charge in [0.1, 0.15) is 12.1 Å². The summed E-state index contributed by atoms with van der Waals surface area (Å²) in [7, 11) is 0. The third-order valence-electron chi connectivity index (χ3n) is 9.72. The Morgan fingerprint density at radius 3 is 1.60 bits per heavy atom. The molecule has 0 aromatic rings. The number of carbonyl (C=O) groups excluding carboxylic acids is 2. The number of carboxylic acids is 1. The number of carbonyl (C=O) groups is 3. The van der Waals surface area contributed by atoms with Crippen LogP contribution in [0.3, 0.4) is 0 Å². The van der Waals surface area contributed by atoms with Gasteiger partial charge in [0.15, 0.2) is 0 Å². The van der Waals surface area contributed by atoms with Gasteiger partial charge in [-0.25, -0.2) is 4.79 Å². The number of hydrogen-bond donors (Lipinski definition) is 3. The molecule has 0 aromatic heterocycles. The molecule has 2 unspecified atom stereocenters. The van der Waals surface area contributed by atoms with Crippen molar-refractivity contribution < 1.29 is 24.2 Å². The Morgan fingerprint density at radius 2 is 1.06 bits per heavy atom. The highest BCUT2D eigenvalue weighted by Gasteiger charge is 2.19. The van der Waals surface area contributed by atoms with Crippen molar-refractivity contribution in [2.45, 2.75) is 225 Å². The van der Waals surface area contributed by atoms with Crippen molar-refractivity contribution >= 4 is 17.8 Å². The first-order valence-electron chi connectivity index (χ1n) is 21.8. The first kappa shape index (κ1) is 49.6. The monoisotopic (exact) mass is 731 g/mol. The molecule has 0 radical (unpaired) electrons. The summed E-state index contributed by atoms with van der Waals surface area (Å²) in [6, 6.07) is -0.856. The molecule has 0 aliphatic heterocycles. The van der Waals surface area contributed by atoms with Crippen LogP contribution in [0, 0.1) is 0 Å². The lowest BCUT2D eigenvalue weighted by Crippen LogP contribution is -2.40. The molecule has 302 valence electrons. The summed E-state index contributed by atoms with van der Waals surface area (Å²) < 4.78 is 6.03. The molecule has 0 aliphatic rings. The van der Waals surface area contributed by atoms with E-state index in [1.807, 2.05) is 0 Å².